The van der Waals surface area contributed by atoms with Crippen LogP contribution in [0, 0.1) is 11.7 Å². The van der Waals surface area contributed by atoms with Crippen molar-refractivity contribution in [3.63, 3.8) is 0 Å². The average molecular weight is 272 g/mol. The van der Waals surface area contributed by atoms with Crippen molar-refractivity contribution < 1.29 is 19.0 Å². The maximum atomic E-state index is 13.3. The maximum absolute atomic E-state index is 13.3. The quantitative estimate of drug-likeness (QED) is 0.855. The van der Waals surface area contributed by atoms with Crippen molar-refractivity contribution in [3.8, 4) is 5.75 Å². The summed E-state index contributed by atoms with van der Waals surface area (Å²) in [6.45, 7) is 0.0908. The molecule has 0 saturated carbocycles. The number of benzene rings is 2. The molecule has 4 heteroatoms. The fourth-order valence-corrected chi connectivity index (χ4v) is 2.40. The van der Waals surface area contributed by atoms with Crippen LogP contribution in [0.4, 0.5) is 4.39 Å². The van der Waals surface area contributed by atoms with Gasteiger partial charge in [-0.2, -0.15) is 0 Å². The van der Waals surface area contributed by atoms with E-state index in [1.165, 1.54) is 18.2 Å². The molecule has 0 aromatic heterocycles. The zero-order valence-corrected chi connectivity index (χ0v) is 10.6. The van der Waals surface area contributed by atoms with Crippen molar-refractivity contribution in [2.45, 2.75) is 6.10 Å². The summed E-state index contributed by atoms with van der Waals surface area (Å²) in [5.74, 6) is -0.949. The largest absolute Gasteiger partial charge is 0.492 e. The first-order valence-electron chi connectivity index (χ1n) is 6.36. The third-order valence-corrected chi connectivity index (χ3v) is 3.49. The molecule has 20 heavy (non-hydrogen) atoms. The molecule has 0 radical (unpaired) electrons. The first kappa shape index (κ1) is 12.8. The van der Waals surface area contributed by atoms with E-state index >= 15 is 0 Å². The molecular weight excluding hydrogens is 259 g/mol. The maximum Gasteiger partial charge on any atom is 0.172 e. The van der Waals surface area contributed by atoms with Gasteiger partial charge in [-0.1, -0.05) is 30.3 Å². The van der Waals surface area contributed by atoms with Crippen molar-refractivity contribution in [1.82, 2.24) is 0 Å². The number of fused-ring (bicyclic) bond motifs is 1. The van der Waals surface area contributed by atoms with Crippen LogP contribution in [0.3, 0.4) is 0 Å². The molecule has 0 aliphatic carbocycles. The molecule has 102 valence electrons. The van der Waals surface area contributed by atoms with Crippen LogP contribution in [0.5, 0.6) is 5.75 Å². The number of aliphatic hydroxyl groups is 1. The summed E-state index contributed by atoms with van der Waals surface area (Å²) in [7, 11) is 0. The summed E-state index contributed by atoms with van der Waals surface area (Å²) >= 11 is 0. The lowest BCUT2D eigenvalue weighted by Gasteiger charge is -2.29. The van der Waals surface area contributed by atoms with Crippen molar-refractivity contribution in [3.05, 3.63) is 65.5 Å². The van der Waals surface area contributed by atoms with Gasteiger partial charge in [-0.25, -0.2) is 4.39 Å². The molecule has 2 atom stereocenters. The zero-order chi connectivity index (χ0) is 14.1. The second kappa shape index (κ2) is 5.06. The van der Waals surface area contributed by atoms with E-state index in [0.29, 0.717) is 16.9 Å². The number of halogens is 1. The Hall–Kier alpha value is -2.20. The number of rotatable bonds is 2. The van der Waals surface area contributed by atoms with Gasteiger partial charge in [-0.15, -0.1) is 0 Å². The van der Waals surface area contributed by atoms with Crippen LogP contribution >= 0.6 is 0 Å². The van der Waals surface area contributed by atoms with Crippen LogP contribution in [0.1, 0.15) is 22.0 Å². The number of hydrogen-bond donors (Lipinski definition) is 1. The van der Waals surface area contributed by atoms with E-state index in [2.05, 4.69) is 0 Å². The first-order valence-corrected chi connectivity index (χ1v) is 6.36. The highest BCUT2D eigenvalue weighted by molar-refractivity contribution is 5.98. The Morgan fingerprint density at radius 3 is 2.70 bits per heavy atom. The normalized spacial score (nSPS) is 20.9. The highest BCUT2D eigenvalue weighted by Gasteiger charge is 2.35. The van der Waals surface area contributed by atoms with Gasteiger partial charge in [0.25, 0.3) is 0 Å². The number of ketones is 1. The monoisotopic (exact) mass is 272 g/mol. The lowest BCUT2D eigenvalue weighted by molar-refractivity contribution is 0.0416. The average Bonchev–Trinajstić information content (AvgIpc) is 2.48. The molecule has 1 heterocycles. The van der Waals surface area contributed by atoms with Gasteiger partial charge in [0.1, 0.15) is 18.2 Å². The predicted octanol–water partition coefficient (Wildman–Crippen LogP) is 2.75. The Morgan fingerprint density at radius 2 is 1.95 bits per heavy atom. The highest BCUT2D eigenvalue weighted by atomic mass is 19.1. The van der Waals surface area contributed by atoms with Crippen LogP contribution in [0.15, 0.2) is 48.5 Å². The Morgan fingerprint density at radius 1 is 1.20 bits per heavy atom. The van der Waals surface area contributed by atoms with Gasteiger partial charge < -0.3 is 9.84 Å². The van der Waals surface area contributed by atoms with Gasteiger partial charge in [0.05, 0.1) is 12.0 Å². The minimum Gasteiger partial charge on any atom is -0.492 e. The Labute approximate surface area is 115 Å². The fraction of sp³-hybridized carbons (Fsp3) is 0.188. The van der Waals surface area contributed by atoms with Crippen LogP contribution in [-0.4, -0.2) is 17.5 Å². The Bertz CT molecular complexity index is 639. The molecule has 1 N–H and O–H groups in total. The van der Waals surface area contributed by atoms with E-state index in [4.69, 9.17) is 4.74 Å². The molecule has 0 spiro atoms. The van der Waals surface area contributed by atoms with Crippen molar-refractivity contribution >= 4 is 5.78 Å². The number of carbonyl (C=O) groups excluding carboxylic acids is 1. The standard InChI is InChI=1S/C16H13FO3/c17-11-6-7-14-12(8-11)16(19)13(9-20-14)15(18)10-4-2-1-3-5-10/h1-8,13,16,19H,9H2. The highest BCUT2D eigenvalue weighted by Crippen LogP contribution is 2.37. The number of Topliss-reactive ketones (excluding diaryl/α,β-unsaturated/α-hetero) is 1. The van der Waals surface area contributed by atoms with Crippen LogP contribution < -0.4 is 4.74 Å². The van der Waals surface area contributed by atoms with Crippen LogP contribution in [-0.2, 0) is 0 Å². The summed E-state index contributed by atoms with van der Waals surface area (Å²) in [6, 6.07) is 12.7. The number of carbonyl (C=O) groups is 1. The van der Waals surface area contributed by atoms with Gasteiger partial charge in [-0.05, 0) is 18.2 Å². The summed E-state index contributed by atoms with van der Waals surface area (Å²) in [5, 5.41) is 10.3. The second-order valence-electron chi connectivity index (χ2n) is 4.77. The Kier molecular flexibility index (Phi) is 3.24. The van der Waals surface area contributed by atoms with Crippen LogP contribution in [0.2, 0.25) is 0 Å². The molecule has 1 aliphatic heterocycles. The topological polar surface area (TPSA) is 46.5 Å². The van der Waals surface area contributed by atoms with Crippen molar-refractivity contribution in [1.29, 1.82) is 0 Å². The van der Waals surface area contributed by atoms with Gasteiger partial charge in [-0.3, -0.25) is 4.79 Å². The van der Waals surface area contributed by atoms with E-state index in [1.54, 1.807) is 24.3 Å². The molecule has 3 rings (SSSR count). The van der Waals surface area contributed by atoms with Gasteiger partial charge in [0.15, 0.2) is 5.78 Å². The zero-order valence-electron chi connectivity index (χ0n) is 10.6. The van der Waals surface area contributed by atoms with Gasteiger partial charge >= 0.3 is 0 Å². The third-order valence-electron chi connectivity index (χ3n) is 3.49. The molecule has 0 saturated heterocycles. The lowest BCUT2D eigenvalue weighted by Crippen LogP contribution is -2.32. The molecule has 2 aromatic carbocycles. The molecule has 0 fully saturated rings. The van der Waals surface area contributed by atoms with Crippen LogP contribution in [0.25, 0.3) is 0 Å². The molecule has 1 aliphatic rings. The second-order valence-corrected chi connectivity index (χ2v) is 4.77. The summed E-state index contributed by atoms with van der Waals surface area (Å²) in [5.41, 5.74) is 0.838. The summed E-state index contributed by atoms with van der Waals surface area (Å²) in [4.78, 5) is 12.4. The molecular formula is C16H13FO3. The number of ether oxygens (including phenoxy) is 1. The number of aliphatic hydroxyl groups excluding tert-OH is 1. The van der Waals surface area contributed by atoms with Gasteiger partial charge in [0, 0.05) is 11.1 Å². The minimum absolute atomic E-state index is 0.0908. The van der Waals surface area contributed by atoms with E-state index in [-0.39, 0.29) is 12.4 Å². The summed E-state index contributed by atoms with van der Waals surface area (Å²) < 4.78 is 18.7. The molecule has 0 amide bonds. The van der Waals surface area contributed by atoms with E-state index in [9.17, 15) is 14.3 Å². The Balaban J connectivity index is 1.92. The first-order chi connectivity index (χ1) is 9.66. The van der Waals surface area contributed by atoms with Crippen molar-refractivity contribution in [2.24, 2.45) is 5.92 Å². The van der Waals surface area contributed by atoms with E-state index in [0.717, 1.165) is 0 Å². The lowest BCUT2D eigenvalue weighted by atomic mass is 9.87. The molecule has 3 nitrogen and oxygen atoms in total. The molecule has 2 aromatic rings. The minimum atomic E-state index is -1.05. The smallest absolute Gasteiger partial charge is 0.172 e. The predicted molar refractivity (Wildman–Crippen MR) is 71.1 cm³/mol. The number of hydrogen-bond acceptors (Lipinski definition) is 3. The van der Waals surface area contributed by atoms with E-state index < -0.39 is 17.8 Å². The molecule has 0 bridgehead atoms. The van der Waals surface area contributed by atoms with Gasteiger partial charge in [0.2, 0.25) is 0 Å². The van der Waals surface area contributed by atoms with E-state index in [1.807, 2.05) is 6.07 Å². The fourth-order valence-electron chi connectivity index (χ4n) is 2.40. The molecule has 2 unspecified atom stereocenters. The SMILES string of the molecule is O=C(c1ccccc1)C1COc2ccc(F)cc2C1O. The van der Waals surface area contributed by atoms with Crippen molar-refractivity contribution in [2.75, 3.05) is 6.61 Å². The summed E-state index contributed by atoms with van der Waals surface area (Å²) in [6.07, 6.45) is -1.05. The third kappa shape index (κ3) is 2.18.